The molecule has 0 N–H and O–H groups in total. The van der Waals surface area contributed by atoms with Gasteiger partial charge in [-0.15, -0.1) is 0 Å². The average molecular weight is 331 g/mol. The fourth-order valence-corrected chi connectivity index (χ4v) is 2.27. The second-order valence-corrected chi connectivity index (χ2v) is 7.71. The van der Waals surface area contributed by atoms with Gasteiger partial charge in [0.25, 0.3) is 0 Å². The Kier molecular flexibility index (Phi) is 5.82. The lowest BCUT2D eigenvalue weighted by molar-refractivity contribution is 0.561. The quantitative estimate of drug-likeness (QED) is 0.477. The lowest BCUT2D eigenvalue weighted by Crippen LogP contribution is -2.27. The molecule has 100 valence electrons. The van der Waals surface area contributed by atoms with E-state index in [0.717, 1.165) is 28.9 Å². The van der Waals surface area contributed by atoms with Gasteiger partial charge in [0.15, 0.2) is 0 Å². The maximum Gasteiger partial charge on any atom is 0.144 e. The van der Waals surface area contributed by atoms with Gasteiger partial charge < -0.3 is 4.55 Å². The van der Waals surface area contributed by atoms with E-state index < -0.39 is 11.4 Å². The molecule has 0 amide bonds. The van der Waals surface area contributed by atoms with Crippen LogP contribution in [0.15, 0.2) is 27.2 Å². The van der Waals surface area contributed by atoms with Gasteiger partial charge in [0.1, 0.15) is 26.4 Å². The van der Waals surface area contributed by atoms with Crippen molar-refractivity contribution in [2.24, 2.45) is 4.40 Å². The van der Waals surface area contributed by atoms with E-state index in [1.54, 1.807) is 0 Å². The molecule has 0 saturated carbocycles. The summed E-state index contributed by atoms with van der Waals surface area (Å²) in [5.41, 5.74) is 1.61. The molecule has 0 aromatic carbocycles. The first kappa shape index (κ1) is 15.7. The van der Waals surface area contributed by atoms with Crippen LogP contribution in [0.3, 0.4) is 0 Å². The summed E-state index contributed by atoms with van der Waals surface area (Å²) in [4.78, 5) is 4.38. The Labute approximate surface area is 121 Å². The second kappa shape index (κ2) is 6.68. The van der Waals surface area contributed by atoms with Gasteiger partial charge in [0.2, 0.25) is 0 Å². The van der Waals surface area contributed by atoms with E-state index in [1.807, 2.05) is 39.0 Å². The number of halogens is 1. The number of rotatable bonds is 4. The van der Waals surface area contributed by atoms with Crippen molar-refractivity contribution >= 4 is 33.0 Å². The summed E-state index contributed by atoms with van der Waals surface area (Å²) in [5.74, 6) is 0. The number of hydrogen-bond acceptors (Lipinski definition) is 3. The van der Waals surface area contributed by atoms with Crippen LogP contribution in [0.25, 0.3) is 0 Å². The van der Waals surface area contributed by atoms with E-state index in [9.17, 15) is 4.55 Å². The van der Waals surface area contributed by atoms with Gasteiger partial charge in [-0.1, -0.05) is 23.8 Å². The molecule has 0 saturated heterocycles. The van der Waals surface area contributed by atoms with Crippen LogP contribution in [0, 0.1) is 0 Å². The molecule has 18 heavy (non-hydrogen) atoms. The van der Waals surface area contributed by atoms with Crippen LogP contribution in [0.1, 0.15) is 46.2 Å². The highest BCUT2D eigenvalue weighted by atomic mass is 79.9. The molecular weight excluding hydrogens is 312 g/mol. The molecule has 0 aliphatic rings. The van der Waals surface area contributed by atoms with Gasteiger partial charge in [-0.25, -0.2) is 4.98 Å². The number of aromatic nitrogens is 1. The molecule has 0 fully saturated rings. The molecule has 1 aromatic heterocycles. The summed E-state index contributed by atoms with van der Waals surface area (Å²) in [6.07, 6.45) is 1.74. The van der Waals surface area contributed by atoms with Crippen LogP contribution in [0.4, 0.5) is 0 Å². The predicted molar refractivity (Wildman–Crippen MR) is 81.3 cm³/mol. The van der Waals surface area contributed by atoms with E-state index in [-0.39, 0.29) is 4.75 Å². The van der Waals surface area contributed by atoms with E-state index in [0.29, 0.717) is 0 Å². The monoisotopic (exact) mass is 330 g/mol. The van der Waals surface area contributed by atoms with Crippen molar-refractivity contribution in [2.45, 2.75) is 45.3 Å². The van der Waals surface area contributed by atoms with E-state index in [2.05, 4.69) is 32.2 Å². The number of hydrogen-bond donors (Lipinski definition) is 0. The molecule has 0 bridgehead atoms. The standard InChI is InChI=1S/C13H19BrN2OS/c1-5-7-11(16-18(17)13(2,3)4)10-8-6-9-12(14)15-10/h6,8-9H,5,7H2,1-4H3/b16-11+. The minimum Gasteiger partial charge on any atom is -0.591 e. The first-order valence-corrected chi connectivity index (χ1v) is 7.87. The highest BCUT2D eigenvalue weighted by molar-refractivity contribution is 9.10. The molecule has 1 aromatic rings. The summed E-state index contributed by atoms with van der Waals surface area (Å²) >= 11 is 2.10. The highest BCUT2D eigenvalue weighted by Gasteiger charge is 2.27. The third kappa shape index (κ3) is 4.71. The summed E-state index contributed by atoms with van der Waals surface area (Å²) < 4.78 is 16.9. The van der Waals surface area contributed by atoms with Crippen molar-refractivity contribution in [1.82, 2.24) is 4.98 Å². The molecule has 5 heteroatoms. The minimum atomic E-state index is -1.24. The van der Waals surface area contributed by atoms with Crippen molar-refractivity contribution in [3.8, 4) is 0 Å². The summed E-state index contributed by atoms with van der Waals surface area (Å²) in [6.45, 7) is 7.84. The Morgan fingerprint density at radius 1 is 1.44 bits per heavy atom. The average Bonchev–Trinajstić information content (AvgIpc) is 2.27. The van der Waals surface area contributed by atoms with Crippen LogP contribution in [0.2, 0.25) is 0 Å². The van der Waals surface area contributed by atoms with Crippen molar-refractivity contribution in [2.75, 3.05) is 0 Å². The molecule has 3 nitrogen and oxygen atoms in total. The fraction of sp³-hybridized carbons (Fsp3) is 0.538. The largest absolute Gasteiger partial charge is 0.591 e. The van der Waals surface area contributed by atoms with Crippen molar-refractivity contribution in [3.05, 3.63) is 28.5 Å². The third-order valence-corrected chi connectivity index (χ3v) is 4.09. The van der Waals surface area contributed by atoms with Crippen LogP contribution in [-0.2, 0) is 11.4 Å². The Morgan fingerprint density at radius 2 is 2.11 bits per heavy atom. The molecule has 0 spiro atoms. The van der Waals surface area contributed by atoms with Gasteiger partial charge in [-0.05, 0) is 55.3 Å². The topological polar surface area (TPSA) is 48.3 Å². The zero-order valence-electron chi connectivity index (χ0n) is 11.2. The molecule has 0 aliphatic carbocycles. The highest BCUT2D eigenvalue weighted by Crippen LogP contribution is 2.19. The first-order valence-electron chi connectivity index (χ1n) is 5.97. The Balaban J connectivity index is 3.06. The maximum absolute atomic E-state index is 12.1. The van der Waals surface area contributed by atoms with Gasteiger partial charge in [0.05, 0.1) is 5.69 Å². The Morgan fingerprint density at radius 3 is 2.61 bits per heavy atom. The molecule has 1 unspecified atom stereocenters. The minimum absolute atomic E-state index is 0.342. The second-order valence-electron chi connectivity index (χ2n) is 5.00. The smallest absolute Gasteiger partial charge is 0.144 e. The Hall–Kier alpha value is -0.390. The van der Waals surface area contributed by atoms with Crippen LogP contribution < -0.4 is 0 Å². The van der Waals surface area contributed by atoms with E-state index >= 15 is 0 Å². The number of nitrogens with zero attached hydrogens (tertiary/aromatic N) is 2. The maximum atomic E-state index is 12.1. The van der Waals surface area contributed by atoms with Crippen LogP contribution in [0.5, 0.6) is 0 Å². The third-order valence-electron chi connectivity index (χ3n) is 2.21. The van der Waals surface area contributed by atoms with E-state index in [1.165, 1.54) is 0 Å². The zero-order valence-corrected chi connectivity index (χ0v) is 13.6. The zero-order chi connectivity index (χ0) is 13.8. The summed E-state index contributed by atoms with van der Waals surface area (Å²) in [5, 5.41) is 0. The number of pyridine rings is 1. The lowest BCUT2D eigenvalue weighted by Gasteiger charge is -2.19. The SMILES string of the molecule is CCC/C(=N\[S+]([O-])C(C)(C)C)c1cccc(Br)n1. The van der Waals surface area contributed by atoms with Crippen LogP contribution in [-0.4, -0.2) is 20.0 Å². The predicted octanol–water partition coefficient (Wildman–Crippen LogP) is 3.90. The molecule has 1 atom stereocenters. The van der Waals surface area contributed by atoms with Crippen molar-refractivity contribution in [1.29, 1.82) is 0 Å². The van der Waals surface area contributed by atoms with Crippen molar-refractivity contribution in [3.63, 3.8) is 0 Å². The van der Waals surface area contributed by atoms with Gasteiger partial charge in [-0.2, -0.15) is 0 Å². The molecule has 0 radical (unpaired) electrons. The van der Waals surface area contributed by atoms with Gasteiger partial charge in [0, 0.05) is 0 Å². The summed E-state index contributed by atoms with van der Waals surface area (Å²) in [6, 6.07) is 5.69. The van der Waals surface area contributed by atoms with Crippen LogP contribution >= 0.6 is 15.9 Å². The van der Waals surface area contributed by atoms with E-state index in [4.69, 9.17) is 0 Å². The lowest BCUT2D eigenvalue weighted by atomic mass is 10.1. The molecule has 1 heterocycles. The fourth-order valence-electron chi connectivity index (χ4n) is 1.26. The molecular formula is C13H19BrN2OS. The van der Waals surface area contributed by atoms with Crippen molar-refractivity contribution < 1.29 is 4.55 Å². The summed E-state index contributed by atoms with van der Waals surface area (Å²) in [7, 11) is 0. The normalized spacial score (nSPS) is 14.7. The molecule has 1 rings (SSSR count). The Bertz CT molecular complexity index is 429. The van der Waals surface area contributed by atoms with Gasteiger partial charge in [-0.3, -0.25) is 0 Å². The first-order chi connectivity index (χ1) is 8.34. The molecule has 0 aliphatic heterocycles. The van der Waals surface area contributed by atoms with Gasteiger partial charge >= 0.3 is 0 Å².